The van der Waals surface area contributed by atoms with Gasteiger partial charge in [0.15, 0.2) is 6.61 Å². The average Bonchev–Trinajstić information content (AvgIpc) is 3.23. The lowest BCUT2D eigenvalue weighted by Gasteiger charge is -2.26. The predicted molar refractivity (Wildman–Crippen MR) is 113 cm³/mol. The number of nitrogens with one attached hydrogen (secondary N) is 1. The summed E-state index contributed by atoms with van der Waals surface area (Å²) in [6.45, 7) is 0.821. The number of carbonyl (C=O) groups is 3. The molecule has 32 heavy (non-hydrogen) atoms. The number of sulfonamides is 1. The van der Waals surface area contributed by atoms with Gasteiger partial charge in [0.05, 0.1) is 18.1 Å². The molecule has 1 N–H and O–H groups in total. The number of morpholine rings is 1. The van der Waals surface area contributed by atoms with E-state index in [4.69, 9.17) is 9.47 Å². The van der Waals surface area contributed by atoms with Crippen LogP contribution in [0.1, 0.15) is 22.5 Å². The molecule has 0 bridgehead atoms. The van der Waals surface area contributed by atoms with Gasteiger partial charge in [-0.1, -0.05) is 12.1 Å². The van der Waals surface area contributed by atoms with Crippen molar-refractivity contribution < 1.29 is 32.3 Å². The smallest absolute Gasteiger partial charge is 0.306 e. The number of rotatable bonds is 8. The maximum absolute atomic E-state index is 12.6. The van der Waals surface area contributed by atoms with Gasteiger partial charge >= 0.3 is 5.97 Å². The van der Waals surface area contributed by atoms with Gasteiger partial charge in [-0.3, -0.25) is 19.7 Å². The quantitative estimate of drug-likeness (QED) is 0.565. The van der Waals surface area contributed by atoms with Gasteiger partial charge in [-0.05, 0) is 36.2 Å². The number of aryl methyl sites for hydroxylation is 2. The lowest BCUT2D eigenvalue weighted by Crippen LogP contribution is -2.40. The lowest BCUT2D eigenvalue weighted by molar-refractivity contribution is -0.148. The van der Waals surface area contributed by atoms with Crippen molar-refractivity contribution in [3.05, 3.63) is 53.9 Å². The molecular weight excluding hydrogens is 438 g/mol. The zero-order valence-corrected chi connectivity index (χ0v) is 18.5. The maximum Gasteiger partial charge on any atom is 0.306 e. The van der Waals surface area contributed by atoms with Gasteiger partial charge in [0.1, 0.15) is 5.69 Å². The third-order valence-corrected chi connectivity index (χ3v) is 6.86. The van der Waals surface area contributed by atoms with Crippen LogP contribution in [-0.4, -0.2) is 68.0 Å². The SMILES string of the molecule is Cn1cccc1C(=O)NC(=O)COC(=O)CCc1ccc(S(=O)(=O)N2CCOCC2)cc1. The second-order valence-corrected chi connectivity index (χ2v) is 9.14. The first-order valence-electron chi connectivity index (χ1n) is 10.1. The fourth-order valence-electron chi connectivity index (χ4n) is 3.15. The van der Waals surface area contributed by atoms with Crippen LogP contribution < -0.4 is 5.32 Å². The molecule has 1 aliphatic heterocycles. The number of benzene rings is 1. The van der Waals surface area contributed by atoms with Crippen LogP contribution in [0.2, 0.25) is 0 Å². The zero-order valence-electron chi connectivity index (χ0n) is 17.7. The molecule has 10 nitrogen and oxygen atoms in total. The first-order chi connectivity index (χ1) is 15.3. The van der Waals surface area contributed by atoms with Gasteiger partial charge in [0.2, 0.25) is 10.0 Å². The summed E-state index contributed by atoms with van der Waals surface area (Å²) in [5.41, 5.74) is 1.06. The maximum atomic E-state index is 12.6. The molecule has 3 rings (SSSR count). The second-order valence-electron chi connectivity index (χ2n) is 7.20. The number of amides is 2. The highest BCUT2D eigenvalue weighted by atomic mass is 32.2. The minimum Gasteiger partial charge on any atom is -0.456 e. The Balaban J connectivity index is 1.43. The molecule has 0 spiro atoms. The van der Waals surface area contributed by atoms with Crippen LogP contribution in [-0.2, 0) is 42.6 Å². The van der Waals surface area contributed by atoms with Crippen molar-refractivity contribution in [1.29, 1.82) is 0 Å². The molecule has 0 saturated carbocycles. The van der Waals surface area contributed by atoms with Gasteiger partial charge in [-0.25, -0.2) is 8.42 Å². The van der Waals surface area contributed by atoms with E-state index in [2.05, 4.69) is 5.32 Å². The van der Waals surface area contributed by atoms with Gasteiger partial charge in [0.25, 0.3) is 11.8 Å². The van der Waals surface area contributed by atoms with Crippen LogP contribution in [0.5, 0.6) is 0 Å². The number of imide groups is 1. The highest BCUT2D eigenvalue weighted by Gasteiger charge is 2.26. The Morgan fingerprint density at radius 1 is 1.09 bits per heavy atom. The molecule has 1 aromatic carbocycles. The van der Waals surface area contributed by atoms with Gasteiger partial charge < -0.3 is 14.0 Å². The largest absolute Gasteiger partial charge is 0.456 e. The van der Waals surface area contributed by atoms with Crippen LogP contribution in [0.4, 0.5) is 0 Å². The molecule has 172 valence electrons. The van der Waals surface area contributed by atoms with E-state index in [1.807, 2.05) is 0 Å². The van der Waals surface area contributed by atoms with Crippen molar-refractivity contribution >= 4 is 27.8 Å². The molecule has 0 atom stereocenters. The second kappa shape index (κ2) is 10.5. The molecule has 1 fully saturated rings. The summed E-state index contributed by atoms with van der Waals surface area (Å²) < 4.78 is 38.3. The Bertz CT molecular complexity index is 1070. The fraction of sp³-hybridized carbons (Fsp3) is 0.381. The molecule has 0 aliphatic carbocycles. The normalized spacial score (nSPS) is 14.7. The lowest BCUT2D eigenvalue weighted by atomic mass is 10.1. The zero-order chi connectivity index (χ0) is 23.1. The number of nitrogens with zero attached hydrogens (tertiary/aromatic N) is 2. The van der Waals surface area contributed by atoms with Crippen molar-refractivity contribution in [1.82, 2.24) is 14.2 Å². The first-order valence-corrected chi connectivity index (χ1v) is 11.5. The van der Waals surface area contributed by atoms with E-state index in [0.29, 0.717) is 38.4 Å². The minimum atomic E-state index is -3.57. The number of ether oxygens (including phenoxy) is 2. The summed E-state index contributed by atoms with van der Waals surface area (Å²) in [6.07, 6.45) is 2.00. The molecule has 0 unspecified atom stereocenters. The van der Waals surface area contributed by atoms with E-state index in [0.717, 1.165) is 5.56 Å². The summed E-state index contributed by atoms with van der Waals surface area (Å²) in [5, 5.41) is 2.16. The number of aromatic nitrogens is 1. The van der Waals surface area contributed by atoms with Crippen molar-refractivity contribution in [2.75, 3.05) is 32.9 Å². The summed E-state index contributed by atoms with van der Waals surface area (Å²) in [7, 11) is -1.90. The molecular formula is C21H25N3O7S. The highest BCUT2D eigenvalue weighted by molar-refractivity contribution is 7.89. The summed E-state index contributed by atoms with van der Waals surface area (Å²) in [5.74, 6) is -1.90. The molecule has 1 saturated heterocycles. The van der Waals surface area contributed by atoms with E-state index >= 15 is 0 Å². The van der Waals surface area contributed by atoms with Crippen LogP contribution in [0.25, 0.3) is 0 Å². The molecule has 1 aliphatic rings. The Labute approximate surface area is 186 Å². The van der Waals surface area contributed by atoms with Gasteiger partial charge in [-0.15, -0.1) is 0 Å². The van der Waals surface area contributed by atoms with E-state index in [9.17, 15) is 22.8 Å². The van der Waals surface area contributed by atoms with Crippen molar-refractivity contribution in [3.63, 3.8) is 0 Å². The molecule has 2 heterocycles. The minimum absolute atomic E-state index is 0.00853. The molecule has 2 aromatic rings. The van der Waals surface area contributed by atoms with E-state index in [1.165, 1.54) is 16.4 Å². The first kappa shape index (κ1) is 23.6. The molecule has 1 aromatic heterocycles. The number of hydrogen-bond donors (Lipinski definition) is 1. The summed E-state index contributed by atoms with van der Waals surface area (Å²) >= 11 is 0. The Morgan fingerprint density at radius 3 is 2.41 bits per heavy atom. The third kappa shape index (κ3) is 6.02. The van der Waals surface area contributed by atoms with Crippen LogP contribution in [0, 0.1) is 0 Å². The number of hydrogen-bond acceptors (Lipinski definition) is 7. The predicted octanol–water partition coefficient (Wildman–Crippen LogP) is 0.478. The monoisotopic (exact) mass is 463 g/mol. The summed E-state index contributed by atoms with van der Waals surface area (Å²) in [4.78, 5) is 35.9. The Morgan fingerprint density at radius 2 is 1.78 bits per heavy atom. The van der Waals surface area contributed by atoms with E-state index < -0.39 is 34.4 Å². The van der Waals surface area contributed by atoms with Gasteiger partial charge in [-0.2, -0.15) is 4.31 Å². The van der Waals surface area contributed by atoms with E-state index in [1.54, 1.807) is 42.1 Å². The van der Waals surface area contributed by atoms with E-state index in [-0.39, 0.29) is 11.3 Å². The summed E-state index contributed by atoms with van der Waals surface area (Å²) in [6, 6.07) is 9.54. The van der Waals surface area contributed by atoms with Crippen molar-refractivity contribution in [2.24, 2.45) is 7.05 Å². The third-order valence-electron chi connectivity index (χ3n) is 4.94. The van der Waals surface area contributed by atoms with Crippen LogP contribution >= 0.6 is 0 Å². The molecule has 11 heteroatoms. The topological polar surface area (TPSA) is 124 Å². The number of carbonyl (C=O) groups excluding carboxylic acids is 3. The average molecular weight is 464 g/mol. The van der Waals surface area contributed by atoms with Crippen molar-refractivity contribution in [3.8, 4) is 0 Å². The van der Waals surface area contributed by atoms with Crippen LogP contribution in [0.15, 0.2) is 47.5 Å². The molecule has 0 radical (unpaired) electrons. The number of esters is 1. The molecule has 2 amide bonds. The Hall–Kier alpha value is -3.02. The van der Waals surface area contributed by atoms with Gasteiger partial charge in [0, 0.05) is 32.8 Å². The van der Waals surface area contributed by atoms with Crippen LogP contribution in [0.3, 0.4) is 0 Å². The Kier molecular flexibility index (Phi) is 7.78. The fourth-order valence-corrected chi connectivity index (χ4v) is 4.56. The highest BCUT2D eigenvalue weighted by Crippen LogP contribution is 2.18. The standard InChI is InChI=1S/C21H25N3O7S/c1-23-10-2-3-18(23)21(27)22-19(25)15-31-20(26)9-6-16-4-7-17(8-5-16)32(28,29)24-11-13-30-14-12-24/h2-5,7-8,10H,6,9,11-15H2,1H3,(H,22,25,27). The van der Waals surface area contributed by atoms with Crippen molar-refractivity contribution in [2.45, 2.75) is 17.7 Å².